The molecule has 0 aliphatic carbocycles. The molecule has 2 aromatic rings. The van der Waals surface area contributed by atoms with Crippen LogP contribution in [0.3, 0.4) is 0 Å². The minimum Gasteiger partial charge on any atom is -0.465 e. The lowest BCUT2D eigenvalue weighted by Gasteiger charge is -2.01. The SMILES string of the molecule is Cc1ccc(CNc2cnnc(Cl)n2)o1. The van der Waals surface area contributed by atoms with Crippen LogP contribution < -0.4 is 5.32 Å². The molecule has 5 nitrogen and oxygen atoms in total. The first-order chi connectivity index (χ1) is 7.24. The number of furan rings is 1. The van der Waals surface area contributed by atoms with Gasteiger partial charge < -0.3 is 9.73 Å². The minimum absolute atomic E-state index is 0.121. The van der Waals surface area contributed by atoms with Gasteiger partial charge in [0.25, 0.3) is 0 Å². The highest BCUT2D eigenvalue weighted by atomic mass is 35.5. The average molecular weight is 225 g/mol. The van der Waals surface area contributed by atoms with Crippen LogP contribution in [0.1, 0.15) is 11.5 Å². The van der Waals surface area contributed by atoms with E-state index in [4.69, 9.17) is 16.0 Å². The van der Waals surface area contributed by atoms with Gasteiger partial charge in [0.05, 0.1) is 12.7 Å². The fourth-order valence-corrected chi connectivity index (χ4v) is 1.26. The summed E-state index contributed by atoms with van der Waals surface area (Å²) in [6.45, 7) is 2.44. The van der Waals surface area contributed by atoms with E-state index in [-0.39, 0.29) is 5.28 Å². The van der Waals surface area contributed by atoms with Crippen molar-refractivity contribution < 1.29 is 4.42 Å². The summed E-state index contributed by atoms with van der Waals surface area (Å²) >= 11 is 5.58. The number of hydrogen-bond donors (Lipinski definition) is 1. The molecule has 0 spiro atoms. The largest absolute Gasteiger partial charge is 0.465 e. The Balaban J connectivity index is 1.99. The van der Waals surface area contributed by atoms with Crippen LogP contribution in [0.25, 0.3) is 0 Å². The molecule has 2 heterocycles. The normalized spacial score (nSPS) is 10.3. The van der Waals surface area contributed by atoms with Crippen molar-refractivity contribution in [2.45, 2.75) is 13.5 Å². The van der Waals surface area contributed by atoms with Crippen molar-refractivity contribution in [2.75, 3.05) is 5.32 Å². The predicted octanol–water partition coefficient (Wildman–Crippen LogP) is 2.04. The zero-order valence-corrected chi connectivity index (χ0v) is 8.82. The Morgan fingerprint density at radius 3 is 3.00 bits per heavy atom. The Labute approximate surface area is 91.5 Å². The molecule has 0 atom stereocenters. The fraction of sp³-hybridized carbons (Fsp3) is 0.222. The molecular weight excluding hydrogens is 216 g/mol. The maximum atomic E-state index is 5.58. The third kappa shape index (κ3) is 2.66. The van der Waals surface area contributed by atoms with Crippen LogP contribution >= 0.6 is 11.6 Å². The maximum absolute atomic E-state index is 5.58. The quantitative estimate of drug-likeness (QED) is 0.864. The van der Waals surface area contributed by atoms with Crippen LogP contribution in [0.2, 0.25) is 5.28 Å². The fourth-order valence-electron chi connectivity index (χ4n) is 1.12. The van der Waals surface area contributed by atoms with Crippen molar-refractivity contribution in [3.05, 3.63) is 35.1 Å². The molecule has 0 aromatic carbocycles. The van der Waals surface area contributed by atoms with E-state index < -0.39 is 0 Å². The van der Waals surface area contributed by atoms with Crippen molar-refractivity contribution in [3.63, 3.8) is 0 Å². The van der Waals surface area contributed by atoms with Gasteiger partial charge in [0.2, 0.25) is 5.28 Å². The summed E-state index contributed by atoms with van der Waals surface area (Å²) in [5, 5.41) is 10.3. The molecule has 6 heteroatoms. The number of aryl methyl sites for hydroxylation is 1. The Bertz CT molecular complexity index is 457. The van der Waals surface area contributed by atoms with Crippen LogP contribution in [-0.4, -0.2) is 15.2 Å². The highest BCUT2D eigenvalue weighted by Gasteiger charge is 2.00. The van der Waals surface area contributed by atoms with Gasteiger partial charge in [0.1, 0.15) is 17.3 Å². The van der Waals surface area contributed by atoms with Gasteiger partial charge in [-0.3, -0.25) is 0 Å². The molecule has 0 unspecified atom stereocenters. The average Bonchev–Trinajstić information content (AvgIpc) is 2.62. The van der Waals surface area contributed by atoms with Crippen molar-refractivity contribution in [1.82, 2.24) is 15.2 Å². The second-order valence-corrected chi connectivity index (χ2v) is 3.31. The van der Waals surface area contributed by atoms with Crippen LogP contribution in [0.4, 0.5) is 5.82 Å². The molecule has 0 aliphatic heterocycles. The first-order valence-electron chi connectivity index (χ1n) is 4.38. The number of aromatic nitrogens is 3. The van der Waals surface area contributed by atoms with Gasteiger partial charge in [-0.05, 0) is 30.7 Å². The number of nitrogens with zero attached hydrogens (tertiary/aromatic N) is 3. The van der Waals surface area contributed by atoms with E-state index in [1.165, 1.54) is 6.20 Å². The summed E-state index contributed by atoms with van der Waals surface area (Å²) in [6, 6.07) is 3.81. The molecule has 15 heavy (non-hydrogen) atoms. The van der Waals surface area contributed by atoms with Gasteiger partial charge in [-0.1, -0.05) is 0 Å². The van der Waals surface area contributed by atoms with Crippen LogP contribution in [-0.2, 0) is 6.54 Å². The molecule has 1 N–H and O–H groups in total. The molecule has 2 rings (SSSR count). The zero-order chi connectivity index (χ0) is 10.7. The highest BCUT2D eigenvalue weighted by molar-refractivity contribution is 6.28. The first kappa shape index (κ1) is 9.92. The number of rotatable bonds is 3. The molecular formula is C9H9ClN4O. The van der Waals surface area contributed by atoms with Crippen molar-refractivity contribution in [3.8, 4) is 0 Å². The Morgan fingerprint density at radius 2 is 2.33 bits per heavy atom. The van der Waals surface area contributed by atoms with Crippen LogP contribution in [0.5, 0.6) is 0 Å². The summed E-state index contributed by atoms with van der Waals surface area (Å²) in [5.74, 6) is 2.29. The van der Waals surface area contributed by atoms with E-state index >= 15 is 0 Å². The van der Waals surface area contributed by atoms with E-state index in [1.54, 1.807) is 0 Å². The van der Waals surface area contributed by atoms with Crippen molar-refractivity contribution in [1.29, 1.82) is 0 Å². The van der Waals surface area contributed by atoms with E-state index in [0.717, 1.165) is 11.5 Å². The molecule has 0 aliphatic rings. The monoisotopic (exact) mass is 224 g/mol. The molecule has 78 valence electrons. The number of hydrogen-bond acceptors (Lipinski definition) is 5. The molecule has 0 fully saturated rings. The third-order valence-electron chi connectivity index (χ3n) is 1.77. The maximum Gasteiger partial charge on any atom is 0.244 e. The van der Waals surface area contributed by atoms with Crippen molar-refractivity contribution in [2.24, 2.45) is 0 Å². The molecule has 0 bridgehead atoms. The Hall–Kier alpha value is -1.62. The third-order valence-corrected chi connectivity index (χ3v) is 1.93. The Kier molecular flexibility index (Phi) is 2.82. The van der Waals surface area contributed by atoms with E-state index in [1.807, 2.05) is 19.1 Å². The smallest absolute Gasteiger partial charge is 0.244 e. The molecule has 2 aromatic heterocycles. The van der Waals surface area contributed by atoms with Gasteiger partial charge in [0.15, 0.2) is 0 Å². The molecule has 0 saturated carbocycles. The van der Waals surface area contributed by atoms with Crippen LogP contribution in [0.15, 0.2) is 22.7 Å². The zero-order valence-electron chi connectivity index (χ0n) is 8.07. The predicted molar refractivity (Wildman–Crippen MR) is 55.6 cm³/mol. The molecule has 0 saturated heterocycles. The molecule has 0 amide bonds. The van der Waals surface area contributed by atoms with Crippen molar-refractivity contribution >= 4 is 17.4 Å². The first-order valence-corrected chi connectivity index (χ1v) is 4.76. The second kappa shape index (κ2) is 4.27. The summed E-state index contributed by atoms with van der Waals surface area (Å²) in [6.07, 6.45) is 1.50. The Morgan fingerprint density at radius 1 is 1.47 bits per heavy atom. The summed E-state index contributed by atoms with van der Waals surface area (Å²) in [5.41, 5.74) is 0. The number of halogens is 1. The van der Waals surface area contributed by atoms with Crippen LogP contribution in [0, 0.1) is 6.92 Å². The van der Waals surface area contributed by atoms with E-state index in [0.29, 0.717) is 12.4 Å². The lowest BCUT2D eigenvalue weighted by molar-refractivity contribution is 0.490. The summed E-state index contributed by atoms with van der Waals surface area (Å²) in [7, 11) is 0. The minimum atomic E-state index is 0.121. The lowest BCUT2D eigenvalue weighted by Crippen LogP contribution is -2.01. The van der Waals surface area contributed by atoms with E-state index in [9.17, 15) is 0 Å². The second-order valence-electron chi connectivity index (χ2n) is 2.98. The standard InChI is InChI=1S/C9H9ClN4O/c1-6-2-3-7(15-6)4-11-8-5-12-14-9(10)13-8/h2-3,5H,4H2,1H3,(H,11,13,14). The number of anilines is 1. The topological polar surface area (TPSA) is 63.8 Å². The molecule has 0 radical (unpaired) electrons. The summed E-state index contributed by atoms with van der Waals surface area (Å²) < 4.78 is 5.38. The number of nitrogens with one attached hydrogen (secondary N) is 1. The summed E-state index contributed by atoms with van der Waals surface area (Å²) in [4.78, 5) is 3.93. The van der Waals surface area contributed by atoms with Gasteiger partial charge in [-0.15, -0.1) is 5.10 Å². The van der Waals surface area contributed by atoms with Gasteiger partial charge in [0, 0.05) is 0 Å². The lowest BCUT2D eigenvalue weighted by atomic mass is 10.4. The highest BCUT2D eigenvalue weighted by Crippen LogP contribution is 2.09. The van der Waals surface area contributed by atoms with Gasteiger partial charge in [-0.2, -0.15) is 10.1 Å². The van der Waals surface area contributed by atoms with Gasteiger partial charge >= 0.3 is 0 Å². The van der Waals surface area contributed by atoms with Gasteiger partial charge in [-0.25, -0.2) is 0 Å². The van der Waals surface area contributed by atoms with E-state index in [2.05, 4.69) is 20.5 Å².